The second-order valence-corrected chi connectivity index (χ2v) is 4.83. The highest BCUT2D eigenvalue weighted by Crippen LogP contribution is 2.21. The van der Waals surface area contributed by atoms with E-state index in [1.807, 2.05) is 13.0 Å². The van der Waals surface area contributed by atoms with Crippen LogP contribution in [0.1, 0.15) is 15.9 Å². The lowest BCUT2D eigenvalue weighted by Gasteiger charge is -2.03. The van der Waals surface area contributed by atoms with Crippen LogP contribution in [0.25, 0.3) is 0 Å². The normalized spacial score (nSPS) is 10.6. The Balaban J connectivity index is 1.99. The number of aryl methyl sites for hydroxylation is 1. The van der Waals surface area contributed by atoms with Gasteiger partial charge in [0.2, 0.25) is 0 Å². The molecule has 0 radical (unpaired) electrons. The molecule has 2 aromatic rings. The lowest BCUT2D eigenvalue weighted by Crippen LogP contribution is -1.95. The molecule has 108 valence electrons. The second-order valence-electron chi connectivity index (χ2n) is 4.42. The fourth-order valence-electron chi connectivity index (χ4n) is 1.72. The molecule has 0 heterocycles. The maximum Gasteiger partial charge on any atom is 0.188 e. The van der Waals surface area contributed by atoms with E-state index in [9.17, 15) is 4.79 Å². The van der Waals surface area contributed by atoms with Gasteiger partial charge in [-0.25, -0.2) is 0 Å². The first-order chi connectivity index (χ1) is 10.1. The molecular formula is C17H15ClO3. The molecule has 2 aromatic carbocycles. The Bertz CT molecular complexity index is 660. The Morgan fingerprint density at radius 1 is 1.10 bits per heavy atom. The zero-order chi connectivity index (χ0) is 15.2. The minimum Gasteiger partial charge on any atom is -0.497 e. The number of hydrogen-bond donors (Lipinski definition) is 0. The molecule has 3 nitrogen and oxygen atoms in total. The van der Waals surface area contributed by atoms with Gasteiger partial charge in [-0.05, 0) is 55.0 Å². The van der Waals surface area contributed by atoms with Gasteiger partial charge in [-0.2, -0.15) is 0 Å². The number of ketones is 1. The van der Waals surface area contributed by atoms with E-state index in [-0.39, 0.29) is 5.78 Å². The van der Waals surface area contributed by atoms with E-state index < -0.39 is 0 Å². The van der Waals surface area contributed by atoms with Gasteiger partial charge in [0.05, 0.1) is 13.4 Å². The molecule has 0 atom stereocenters. The summed E-state index contributed by atoms with van der Waals surface area (Å²) in [6.45, 7) is 1.89. The maximum atomic E-state index is 11.9. The van der Waals surface area contributed by atoms with Crippen LogP contribution in [-0.4, -0.2) is 12.9 Å². The van der Waals surface area contributed by atoms with Crippen LogP contribution in [0, 0.1) is 6.92 Å². The predicted molar refractivity (Wildman–Crippen MR) is 83.3 cm³/mol. The van der Waals surface area contributed by atoms with Gasteiger partial charge in [-0.1, -0.05) is 11.6 Å². The molecule has 21 heavy (non-hydrogen) atoms. The summed E-state index contributed by atoms with van der Waals surface area (Å²) < 4.78 is 10.4. The van der Waals surface area contributed by atoms with Crippen molar-refractivity contribution in [2.24, 2.45) is 0 Å². The van der Waals surface area contributed by atoms with Gasteiger partial charge in [0.1, 0.15) is 11.5 Å². The molecule has 0 aromatic heterocycles. The van der Waals surface area contributed by atoms with Gasteiger partial charge in [-0.15, -0.1) is 0 Å². The summed E-state index contributed by atoms with van der Waals surface area (Å²) in [5.41, 5.74) is 1.49. The minimum atomic E-state index is -0.136. The van der Waals surface area contributed by atoms with Crippen molar-refractivity contribution in [3.63, 3.8) is 0 Å². The third-order valence-corrected chi connectivity index (χ3v) is 3.35. The largest absolute Gasteiger partial charge is 0.497 e. The summed E-state index contributed by atoms with van der Waals surface area (Å²) in [4.78, 5) is 11.9. The molecule has 0 unspecified atom stereocenters. The number of carbonyl (C=O) groups is 1. The quantitative estimate of drug-likeness (QED) is 0.465. The molecule has 0 spiro atoms. The molecule has 0 saturated carbocycles. The van der Waals surface area contributed by atoms with Crippen LogP contribution in [0.4, 0.5) is 0 Å². The fourth-order valence-corrected chi connectivity index (χ4v) is 1.83. The van der Waals surface area contributed by atoms with Crippen LogP contribution < -0.4 is 9.47 Å². The van der Waals surface area contributed by atoms with Crippen molar-refractivity contribution in [3.8, 4) is 11.5 Å². The number of allylic oxidation sites excluding steroid dienone is 1. The average Bonchev–Trinajstić information content (AvgIpc) is 2.51. The zero-order valence-electron chi connectivity index (χ0n) is 11.8. The van der Waals surface area contributed by atoms with E-state index in [1.165, 1.54) is 12.3 Å². The van der Waals surface area contributed by atoms with Crippen molar-refractivity contribution in [2.75, 3.05) is 7.11 Å². The number of carbonyl (C=O) groups excluding carboxylic acids is 1. The SMILES string of the molecule is COc1ccc(C(=O)/C=C/Oc2ccc(Cl)c(C)c2)cc1. The Hall–Kier alpha value is -2.26. The third-order valence-electron chi connectivity index (χ3n) is 2.93. The fraction of sp³-hybridized carbons (Fsp3) is 0.118. The monoisotopic (exact) mass is 302 g/mol. The summed E-state index contributed by atoms with van der Waals surface area (Å²) >= 11 is 5.93. The number of rotatable bonds is 5. The lowest BCUT2D eigenvalue weighted by molar-refractivity contribution is 0.104. The molecule has 0 fully saturated rings. The van der Waals surface area contributed by atoms with E-state index in [4.69, 9.17) is 21.1 Å². The summed E-state index contributed by atoms with van der Waals surface area (Å²) in [7, 11) is 1.58. The van der Waals surface area contributed by atoms with Crippen molar-refractivity contribution in [1.82, 2.24) is 0 Å². The number of methoxy groups -OCH3 is 1. The summed E-state index contributed by atoms with van der Waals surface area (Å²) in [5, 5.41) is 0.681. The Labute approximate surface area is 128 Å². The second kappa shape index (κ2) is 6.95. The van der Waals surface area contributed by atoms with E-state index in [0.29, 0.717) is 22.1 Å². The smallest absolute Gasteiger partial charge is 0.188 e. The van der Waals surface area contributed by atoms with Crippen LogP contribution in [0.3, 0.4) is 0 Å². The highest BCUT2D eigenvalue weighted by Gasteiger charge is 2.02. The number of halogens is 1. The van der Waals surface area contributed by atoms with Crippen LogP contribution in [0.2, 0.25) is 5.02 Å². The molecule has 0 aliphatic rings. The van der Waals surface area contributed by atoms with Crippen molar-refractivity contribution in [1.29, 1.82) is 0 Å². The highest BCUT2D eigenvalue weighted by molar-refractivity contribution is 6.31. The minimum absolute atomic E-state index is 0.136. The number of benzene rings is 2. The van der Waals surface area contributed by atoms with Gasteiger partial charge in [0.25, 0.3) is 0 Å². The van der Waals surface area contributed by atoms with Gasteiger partial charge in [-0.3, -0.25) is 4.79 Å². The summed E-state index contributed by atoms with van der Waals surface area (Å²) in [6, 6.07) is 12.2. The molecule has 0 N–H and O–H groups in total. The first-order valence-electron chi connectivity index (χ1n) is 6.38. The lowest BCUT2D eigenvalue weighted by atomic mass is 10.1. The zero-order valence-corrected chi connectivity index (χ0v) is 12.6. The molecular weight excluding hydrogens is 288 g/mol. The summed E-state index contributed by atoms with van der Waals surface area (Å²) in [6.07, 6.45) is 2.75. The van der Waals surface area contributed by atoms with E-state index in [0.717, 1.165) is 5.56 Å². The first kappa shape index (κ1) is 15.1. The molecule has 2 rings (SSSR count). The topological polar surface area (TPSA) is 35.5 Å². The Morgan fingerprint density at radius 3 is 2.38 bits per heavy atom. The Kier molecular flexibility index (Phi) is 5.01. The van der Waals surface area contributed by atoms with E-state index in [1.54, 1.807) is 43.5 Å². The van der Waals surface area contributed by atoms with Crippen molar-refractivity contribution >= 4 is 17.4 Å². The molecule has 4 heteroatoms. The molecule has 0 amide bonds. The van der Waals surface area contributed by atoms with Gasteiger partial charge >= 0.3 is 0 Å². The van der Waals surface area contributed by atoms with Crippen molar-refractivity contribution < 1.29 is 14.3 Å². The Morgan fingerprint density at radius 2 is 1.76 bits per heavy atom. The number of ether oxygens (including phenoxy) is 2. The predicted octanol–water partition coefficient (Wildman–Crippen LogP) is 4.43. The average molecular weight is 303 g/mol. The summed E-state index contributed by atoms with van der Waals surface area (Å²) in [5.74, 6) is 1.21. The highest BCUT2D eigenvalue weighted by atomic mass is 35.5. The standard InChI is InChI=1S/C17H15ClO3/c1-12-11-15(7-8-16(12)18)21-10-9-17(19)13-3-5-14(20-2)6-4-13/h3-11H,1-2H3/b10-9+. The van der Waals surface area contributed by atoms with Crippen LogP contribution in [0.15, 0.2) is 54.8 Å². The van der Waals surface area contributed by atoms with Crippen LogP contribution in [0.5, 0.6) is 11.5 Å². The molecule has 0 saturated heterocycles. The van der Waals surface area contributed by atoms with Gasteiger partial charge in [0, 0.05) is 16.7 Å². The maximum absolute atomic E-state index is 11.9. The molecule has 0 bridgehead atoms. The first-order valence-corrected chi connectivity index (χ1v) is 6.75. The molecule has 0 aliphatic heterocycles. The van der Waals surface area contributed by atoms with Crippen molar-refractivity contribution in [3.05, 3.63) is 71.0 Å². The van der Waals surface area contributed by atoms with Crippen molar-refractivity contribution in [2.45, 2.75) is 6.92 Å². The molecule has 0 aliphatic carbocycles. The number of hydrogen-bond acceptors (Lipinski definition) is 3. The van der Waals surface area contributed by atoms with Crippen LogP contribution >= 0.6 is 11.6 Å². The van der Waals surface area contributed by atoms with Gasteiger partial charge in [0.15, 0.2) is 5.78 Å². The van der Waals surface area contributed by atoms with Crippen LogP contribution in [-0.2, 0) is 0 Å². The van der Waals surface area contributed by atoms with Gasteiger partial charge < -0.3 is 9.47 Å². The van der Waals surface area contributed by atoms with E-state index in [2.05, 4.69) is 0 Å². The third kappa shape index (κ3) is 4.10. The van der Waals surface area contributed by atoms with E-state index >= 15 is 0 Å².